The number of halogens is 3. The molecule has 2 atom stereocenters. The van der Waals surface area contributed by atoms with E-state index in [4.69, 9.17) is 9.84 Å². The predicted octanol–water partition coefficient (Wildman–Crippen LogP) is 2.39. The van der Waals surface area contributed by atoms with E-state index in [1.165, 1.54) is 6.20 Å². The molecular formula is C25H30F3N7O4. The number of aliphatic hydroxyl groups is 2. The van der Waals surface area contributed by atoms with E-state index in [-0.39, 0.29) is 36.4 Å². The van der Waals surface area contributed by atoms with Gasteiger partial charge in [0.15, 0.2) is 17.3 Å². The van der Waals surface area contributed by atoms with E-state index in [1.54, 1.807) is 4.57 Å². The van der Waals surface area contributed by atoms with Crippen molar-refractivity contribution in [3.05, 3.63) is 35.8 Å². The molecule has 14 heteroatoms. The third-order valence-corrected chi connectivity index (χ3v) is 7.10. The average Bonchev–Trinajstić information content (AvgIpc) is 3.57. The van der Waals surface area contributed by atoms with E-state index in [0.717, 1.165) is 0 Å². The Morgan fingerprint density at radius 1 is 1.13 bits per heavy atom. The number of nitrogens with zero attached hydrogens (tertiary/aromatic N) is 4. The van der Waals surface area contributed by atoms with E-state index in [0.29, 0.717) is 74.6 Å². The van der Waals surface area contributed by atoms with Crippen molar-refractivity contribution in [3.8, 4) is 0 Å². The van der Waals surface area contributed by atoms with Crippen molar-refractivity contribution in [2.75, 3.05) is 37.0 Å². The monoisotopic (exact) mass is 549 g/mol. The number of benzene rings is 1. The van der Waals surface area contributed by atoms with Gasteiger partial charge in [0.05, 0.1) is 31.6 Å². The zero-order valence-corrected chi connectivity index (χ0v) is 21.0. The Morgan fingerprint density at radius 3 is 2.54 bits per heavy atom. The van der Waals surface area contributed by atoms with Crippen molar-refractivity contribution in [2.24, 2.45) is 5.92 Å². The molecule has 1 saturated heterocycles. The highest BCUT2D eigenvalue weighted by Crippen LogP contribution is 2.32. The average molecular weight is 550 g/mol. The first-order valence-electron chi connectivity index (χ1n) is 12.9. The molecule has 2 aliphatic rings. The van der Waals surface area contributed by atoms with Crippen LogP contribution in [0, 0.1) is 23.4 Å². The topological polar surface area (TPSA) is 146 Å². The molecule has 2 fully saturated rings. The van der Waals surface area contributed by atoms with Gasteiger partial charge in [0.2, 0.25) is 17.8 Å². The highest BCUT2D eigenvalue weighted by Gasteiger charge is 2.29. The Balaban J connectivity index is 1.32. The van der Waals surface area contributed by atoms with Crippen LogP contribution in [-0.2, 0) is 9.53 Å². The van der Waals surface area contributed by atoms with E-state index in [9.17, 15) is 23.1 Å². The molecule has 3 heterocycles. The lowest BCUT2D eigenvalue weighted by molar-refractivity contribution is -0.126. The maximum atomic E-state index is 14.4. The largest absolute Gasteiger partial charge is 0.394 e. The molecule has 1 saturated carbocycles. The van der Waals surface area contributed by atoms with E-state index in [1.807, 2.05) is 0 Å². The molecule has 1 aromatic carbocycles. The summed E-state index contributed by atoms with van der Waals surface area (Å²) in [4.78, 5) is 25.8. The zero-order chi connectivity index (χ0) is 27.5. The second kappa shape index (κ2) is 11.7. The van der Waals surface area contributed by atoms with Crippen molar-refractivity contribution >= 4 is 34.7 Å². The third kappa shape index (κ3) is 6.07. The number of aromatic nitrogens is 4. The molecule has 39 heavy (non-hydrogen) atoms. The van der Waals surface area contributed by atoms with Gasteiger partial charge in [0.25, 0.3) is 0 Å². The van der Waals surface area contributed by atoms with Crippen LogP contribution in [0.25, 0.3) is 11.2 Å². The molecule has 0 spiro atoms. The van der Waals surface area contributed by atoms with Gasteiger partial charge in [-0.2, -0.15) is 4.98 Å². The van der Waals surface area contributed by atoms with Gasteiger partial charge in [-0.05, 0) is 32.1 Å². The normalized spacial score (nSPS) is 22.1. The van der Waals surface area contributed by atoms with Crippen molar-refractivity contribution in [1.29, 1.82) is 0 Å². The first kappa shape index (κ1) is 27.1. The number of nitrogens with one attached hydrogen (secondary N) is 3. The number of aliphatic hydroxyl groups excluding tert-OH is 2. The molecule has 2 aromatic heterocycles. The summed E-state index contributed by atoms with van der Waals surface area (Å²) in [6, 6.07) is 1.02. The van der Waals surface area contributed by atoms with Gasteiger partial charge in [-0.1, -0.05) is 0 Å². The number of rotatable bonds is 9. The van der Waals surface area contributed by atoms with Crippen LogP contribution in [0.2, 0.25) is 0 Å². The molecular weight excluding hydrogens is 519 g/mol. The van der Waals surface area contributed by atoms with Gasteiger partial charge in [-0.25, -0.2) is 23.1 Å². The molecule has 11 nitrogen and oxygen atoms in total. The summed E-state index contributed by atoms with van der Waals surface area (Å²) in [5.74, 6) is -3.03. The van der Waals surface area contributed by atoms with Gasteiger partial charge in [-0.15, -0.1) is 0 Å². The van der Waals surface area contributed by atoms with Crippen LogP contribution in [0.15, 0.2) is 18.3 Å². The second-order valence-electron chi connectivity index (χ2n) is 9.87. The lowest BCUT2D eigenvalue weighted by Gasteiger charge is -2.28. The minimum atomic E-state index is -1.09. The Labute approximate surface area is 221 Å². The van der Waals surface area contributed by atoms with Crippen LogP contribution < -0.4 is 16.0 Å². The smallest absolute Gasteiger partial charge is 0.224 e. The number of ether oxygens (including phenoxy) is 1. The van der Waals surface area contributed by atoms with E-state index < -0.39 is 35.8 Å². The Bertz CT molecular complexity index is 1300. The van der Waals surface area contributed by atoms with Gasteiger partial charge in [-0.3, -0.25) is 9.36 Å². The van der Waals surface area contributed by atoms with Crippen LogP contribution in [0.4, 0.5) is 30.8 Å². The van der Waals surface area contributed by atoms with Crippen molar-refractivity contribution < 1.29 is 32.9 Å². The maximum absolute atomic E-state index is 14.4. The Hall–Kier alpha value is -3.49. The quantitative estimate of drug-likeness (QED) is 0.272. The summed E-state index contributed by atoms with van der Waals surface area (Å²) in [6.07, 6.45) is 3.87. The number of anilines is 3. The van der Waals surface area contributed by atoms with Crippen LogP contribution >= 0.6 is 0 Å². The molecule has 0 radical (unpaired) electrons. The number of amides is 1. The van der Waals surface area contributed by atoms with Crippen molar-refractivity contribution in [1.82, 2.24) is 24.8 Å². The minimum absolute atomic E-state index is 0.0123. The molecule has 1 aliphatic carbocycles. The standard InChI is InChI=1S/C25H30F3N7O4/c26-14-7-18(27)21(19(28)8-14)33-25-32-20-10-30-24(34-22(20)35(25)16-5-6-39-12-16)31-15-3-1-13(2-4-15)23(38)29-9-17(37)11-36/h7-8,10,13,15-17,36-37H,1-6,9,11-12H2,(H,29,38)(H,32,33)(H,30,31,34)/t13?,15?,16?,17-/m0/s1. The lowest BCUT2D eigenvalue weighted by Crippen LogP contribution is -2.40. The first-order valence-corrected chi connectivity index (χ1v) is 12.9. The summed E-state index contributed by atoms with van der Waals surface area (Å²) in [5, 5.41) is 27.0. The van der Waals surface area contributed by atoms with E-state index in [2.05, 4.69) is 30.9 Å². The molecule has 3 aromatic rings. The molecule has 210 valence electrons. The number of carbonyl (C=O) groups excluding carboxylic acids is 1. The van der Waals surface area contributed by atoms with Crippen molar-refractivity contribution in [3.63, 3.8) is 0 Å². The second-order valence-corrected chi connectivity index (χ2v) is 9.87. The first-order chi connectivity index (χ1) is 18.8. The van der Waals surface area contributed by atoms with Crippen LogP contribution in [0.1, 0.15) is 38.1 Å². The predicted molar refractivity (Wildman–Crippen MR) is 135 cm³/mol. The SMILES string of the molecule is O=C(NC[C@H](O)CO)C1CCC(Nc2ncc3nc(Nc4c(F)cc(F)cc4F)n(C4CCOC4)c3n2)CC1. The summed E-state index contributed by atoms with van der Waals surface area (Å²) in [6.45, 7) is 0.474. The van der Waals surface area contributed by atoms with E-state index >= 15 is 0 Å². The Kier molecular flexibility index (Phi) is 8.14. The third-order valence-electron chi connectivity index (χ3n) is 7.10. The van der Waals surface area contributed by atoms with Crippen LogP contribution in [0.3, 0.4) is 0 Å². The summed E-state index contributed by atoms with van der Waals surface area (Å²) < 4.78 is 49.4. The van der Waals surface area contributed by atoms with Gasteiger partial charge < -0.3 is 30.9 Å². The summed E-state index contributed by atoms with van der Waals surface area (Å²) in [7, 11) is 0. The minimum Gasteiger partial charge on any atom is -0.394 e. The molecule has 5 N–H and O–H groups in total. The molecule has 0 bridgehead atoms. The van der Waals surface area contributed by atoms with Gasteiger partial charge in [0.1, 0.15) is 17.0 Å². The number of imidazole rings is 1. The fourth-order valence-electron chi connectivity index (χ4n) is 5.00. The highest BCUT2D eigenvalue weighted by atomic mass is 19.1. The zero-order valence-electron chi connectivity index (χ0n) is 21.0. The number of carbonyl (C=O) groups is 1. The molecule has 5 rings (SSSR count). The number of hydrogen-bond acceptors (Lipinski definition) is 9. The Morgan fingerprint density at radius 2 is 1.87 bits per heavy atom. The molecule has 1 aliphatic heterocycles. The number of hydrogen-bond donors (Lipinski definition) is 5. The molecule has 1 amide bonds. The highest BCUT2D eigenvalue weighted by molar-refractivity contribution is 5.79. The molecule has 1 unspecified atom stereocenters. The fraction of sp³-hybridized carbons (Fsp3) is 0.520. The van der Waals surface area contributed by atoms with Crippen LogP contribution in [0.5, 0.6) is 0 Å². The van der Waals surface area contributed by atoms with Gasteiger partial charge >= 0.3 is 0 Å². The van der Waals surface area contributed by atoms with Crippen molar-refractivity contribution in [2.45, 2.75) is 50.3 Å². The van der Waals surface area contributed by atoms with Gasteiger partial charge in [0, 0.05) is 37.2 Å². The van der Waals surface area contributed by atoms with Crippen LogP contribution in [-0.4, -0.2) is 74.2 Å². The lowest BCUT2D eigenvalue weighted by atomic mass is 9.85. The summed E-state index contributed by atoms with van der Waals surface area (Å²) in [5.41, 5.74) is 0.331. The number of fused-ring (bicyclic) bond motifs is 1. The summed E-state index contributed by atoms with van der Waals surface area (Å²) >= 11 is 0. The fourth-order valence-corrected chi connectivity index (χ4v) is 5.00. The maximum Gasteiger partial charge on any atom is 0.224 e.